The first kappa shape index (κ1) is 25.0. The highest BCUT2D eigenvalue weighted by atomic mass is 19.4. The molecule has 0 aliphatic rings. The van der Waals surface area contributed by atoms with E-state index in [0.29, 0.717) is 0 Å². The molecule has 2 rings (SSSR count). The van der Waals surface area contributed by atoms with Crippen molar-refractivity contribution in [1.82, 2.24) is 9.88 Å². The van der Waals surface area contributed by atoms with Crippen molar-refractivity contribution in [3.63, 3.8) is 0 Å². The summed E-state index contributed by atoms with van der Waals surface area (Å²) in [5.41, 5.74) is 5.77. The molecule has 1 aromatic carbocycles. The third-order valence-corrected chi connectivity index (χ3v) is 4.85. The average Bonchev–Trinajstić information content (AvgIpc) is 2.75. The third kappa shape index (κ3) is 7.45. The molecule has 1 aromatic heterocycles. The Morgan fingerprint density at radius 2 is 1.81 bits per heavy atom. The number of benzene rings is 1. The normalized spacial score (nSPS) is 12.1. The maximum atomic E-state index is 12.6. The minimum atomic E-state index is -4.19. The molecule has 0 radical (unpaired) electrons. The monoisotopic (exact) mass is 441 g/mol. The van der Waals surface area contributed by atoms with E-state index in [0.717, 1.165) is 39.9 Å². The molecule has 0 aliphatic carbocycles. The van der Waals surface area contributed by atoms with Crippen molar-refractivity contribution >= 4 is 11.3 Å². The van der Waals surface area contributed by atoms with Crippen LogP contribution in [-0.4, -0.2) is 43.7 Å². The Kier molecular flexibility index (Phi) is 8.88. The number of aromatic nitrogens is 1. The van der Waals surface area contributed by atoms with Crippen LogP contribution in [0.3, 0.4) is 0 Å². The van der Waals surface area contributed by atoms with Crippen LogP contribution >= 0.6 is 0 Å². The zero-order valence-electron chi connectivity index (χ0n) is 18.9. The van der Waals surface area contributed by atoms with E-state index in [1.807, 2.05) is 38.4 Å². The van der Waals surface area contributed by atoms with Crippen molar-refractivity contribution in [2.45, 2.75) is 19.0 Å². The van der Waals surface area contributed by atoms with Gasteiger partial charge in [-0.25, -0.2) is 0 Å². The Hall–Kier alpha value is -3.28. The van der Waals surface area contributed by atoms with Crippen molar-refractivity contribution in [2.24, 2.45) is 0 Å². The molecule has 0 spiro atoms. The summed E-state index contributed by atoms with van der Waals surface area (Å²) < 4.78 is 37.8. The topological polar surface area (TPSA) is 19.4 Å². The van der Waals surface area contributed by atoms with Crippen LogP contribution in [0.2, 0.25) is 0 Å². The summed E-state index contributed by atoms with van der Waals surface area (Å²) in [5, 5.41) is 0. The Labute approximate surface area is 188 Å². The maximum absolute atomic E-state index is 12.6. The Bertz CT molecular complexity index is 988. The molecule has 3 nitrogen and oxygen atoms in total. The standard InChI is InChI=1S/C26H30F3N3/c1-6-8-10-22(19-32(5)14-13-26(27,28)29)24-16-23(17-30-18-24)20-11-12-25(31(3)4)21(15-20)9-7-2/h6-8,10-12,15-19H,1-2,9,13-14H2,3-5H3/b10-8-,22-19+. The second-order valence-electron chi connectivity index (χ2n) is 7.72. The summed E-state index contributed by atoms with van der Waals surface area (Å²) >= 11 is 0. The summed E-state index contributed by atoms with van der Waals surface area (Å²) in [5.74, 6) is 0. The van der Waals surface area contributed by atoms with Crippen molar-refractivity contribution in [1.29, 1.82) is 0 Å². The van der Waals surface area contributed by atoms with Gasteiger partial charge >= 0.3 is 6.18 Å². The minimum absolute atomic E-state index is 0.126. The van der Waals surface area contributed by atoms with Gasteiger partial charge in [0.25, 0.3) is 0 Å². The number of alkyl halides is 3. The molecule has 0 saturated carbocycles. The Morgan fingerprint density at radius 3 is 2.44 bits per heavy atom. The van der Waals surface area contributed by atoms with Gasteiger partial charge in [-0.05, 0) is 41.3 Å². The highest BCUT2D eigenvalue weighted by molar-refractivity contribution is 5.78. The number of allylic oxidation sites excluding steroid dienone is 5. The molecule has 0 atom stereocenters. The van der Waals surface area contributed by atoms with Crippen molar-refractivity contribution in [3.05, 3.63) is 91.4 Å². The predicted molar refractivity (Wildman–Crippen MR) is 129 cm³/mol. The fourth-order valence-electron chi connectivity index (χ4n) is 3.27. The van der Waals surface area contributed by atoms with Crippen LogP contribution in [-0.2, 0) is 6.42 Å². The number of anilines is 1. The van der Waals surface area contributed by atoms with E-state index in [1.165, 1.54) is 4.90 Å². The average molecular weight is 442 g/mol. The first-order valence-electron chi connectivity index (χ1n) is 10.3. The number of rotatable bonds is 10. The minimum Gasteiger partial charge on any atom is -0.380 e. The molecule has 2 aromatic rings. The van der Waals surface area contributed by atoms with Gasteiger partial charge in [-0.2, -0.15) is 13.2 Å². The van der Waals surface area contributed by atoms with Crippen LogP contribution in [0.25, 0.3) is 16.7 Å². The van der Waals surface area contributed by atoms with E-state index >= 15 is 0 Å². The molecule has 170 valence electrons. The molecular weight excluding hydrogens is 411 g/mol. The lowest BCUT2D eigenvalue weighted by atomic mass is 9.98. The summed E-state index contributed by atoms with van der Waals surface area (Å²) in [6, 6.07) is 8.23. The molecule has 0 N–H and O–H groups in total. The zero-order chi connectivity index (χ0) is 23.7. The number of pyridine rings is 1. The number of nitrogens with zero attached hydrogens (tertiary/aromatic N) is 3. The van der Waals surface area contributed by atoms with Crippen LogP contribution in [0, 0.1) is 0 Å². The van der Waals surface area contributed by atoms with Gasteiger partial charge in [-0.1, -0.05) is 36.9 Å². The fourth-order valence-corrected chi connectivity index (χ4v) is 3.27. The van der Waals surface area contributed by atoms with Crippen molar-refractivity contribution < 1.29 is 13.2 Å². The van der Waals surface area contributed by atoms with Crippen LogP contribution < -0.4 is 4.90 Å². The van der Waals surface area contributed by atoms with E-state index in [4.69, 9.17) is 0 Å². The van der Waals surface area contributed by atoms with Gasteiger partial charge in [-0.3, -0.25) is 4.98 Å². The highest BCUT2D eigenvalue weighted by Crippen LogP contribution is 2.29. The van der Waals surface area contributed by atoms with Crippen LogP contribution in [0.1, 0.15) is 17.5 Å². The zero-order valence-corrected chi connectivity index (χ0v) is 18.9. The van der Waals surface area contributed by atoms with E-state index in [2.05, 4.69) is 35.2 Å². The van der Waals surface area contributed by atoms with E-state index in [-0.39, 0.29) is 6.54 Å². The number of hydrogen-bond donors (Lipinski definition) is 0. The first-order chi connectivity index (χ1) is 15.1. The largest absolute Gasteiger partial charge is 0.390 e. The van der Waals surface area contributed by atoms with Gasteiger partial charge < -0.3 is 9.80 Å². The fraction of sp³-hybridized carbons (Fsp3) is 0.269. The van der Waals surface area contributed by atoms with Crippen molar-refractivity contribution in [2.75, 3.05) is 32.6 Å². The molecule has 0 saturated heterocycles. The maximum Gasteiger partial charge on any atom is 0.390 e. The third-order valence-electron chi connectivity index (χ3n) is 4.85. The lowest BCUT2D eigenvalue weighted by Gasteiger charge is -2.19. The van der Waals surface area contributed by atoms with Gasteiger partial charge in [0.15, 0.2) is 0 Å². The highest BCUT2D eigenvalue weighted by Gasteiger charge is 2.26. The van der Waals surface area contributed by atoms with E-state index in [1.54, 1.807) is 37.8 Å². The van der Waals surface area contributed by atoms with Gasteiger partial charge in [0.05, 0.1) is 6.42 Å². The second-order valence-corrected chi connectivity index (χ2v) is 7.72. The Balaban J connectivity index is 2.42. The molecule has 0 aliphatic heterocycles. The molecule has 0 unspecified atom stereocenters. The quantitative estimate of drug-likeness (QED) is 0.309. The summed E-state index contributed by atoms with van der Waals surface area (Å²) in [6.07, 6.45) is 7.94. The van der Waals surface area contributed by atoms with Gasteiger partial charge in [0, 0.05) is 63.1 Å². The van der Waals surface area contributed by atoms with Crippen LogP contribution in [0.15, 0.2) is 80.3 Å². The van der Waals surface area contributed by atoms with Gasteiger partial charge in [0.2, 0.25) is 0 Å². The van der Waals surface area contributed by atoms with E-state index in [9.17, 15) is 13.2 Å². The molecule has 0 bridgehead atoms. The smallest absolute Gasteiger partial charge is 0.380 e. The Morgan fingerprint density at radius 1 is 1.06 bits per heavy atom. The van der Waals surface area contributed by atoms with Crippen LogP contribution in [0.4, 0.5) is 18.9 Å². The van der Waals surface area contributed by atoms with Crippen molar-refractivity contribution in [3.8, 4) is 11.1 Å². The molecule has 0 amide bonds. The molecule has 6 heteroatoms. The summed E-state index contributed by atoms with van der Waals surface area (Å²) in [7, 11) is 5.64. The summed E-state index contributed by atoms with van der Waals surface area (Å²) in [4.78, 5) is 7.99. The molecule has 1 heterocycles. The number of hydrogen-bond acceptors (Lipinski definition) is 3. The molecule has 32 heavy (non-hydrogen) atoms. The number of halogens is 3. The lowest BCUT2D eigenvalue weighted by molar-refractivity contribution is -0.136. The molecular formula is C26H30F3N3. The van der Waals surface area contributed by atoms with E-state index < -0.39 is 12.6 Å². The van der Waals surface area contributed by atoms with Gasteiger partial charge in [-0.15, -0.1) is 6.58 Å². The molecule has 0 fully saturated rings. The summed E-state index contributed by atoms with van der Waals surface area (Å²) in [6.45, 7) is 7.41. The lowest BCUT2D eigenvalue weighted by Crippen LogP contribution is -2.20. The van der Waals surface area contributed by atoms with Crippen LogP contribution in [0.5, 0.6) is 0 Å². The second kappa shape index (κ2) is 11.4. The predicted octanol–water partition coefficient (Wildman–Crippen LogP) is 6.51. The van der Waals surface area contributed by atoms with Gasteiger partial charge in [0.1, 0.15) is 0 Å². The first-order valence-corrected chi connectivity index (χ1v) is 10.3. The SMILES string of the molecule is C=C/C=C\C(=C/N(C)CCC(F)(F)F)c1cncc(-c2ccc(N(C)C)c(CC=C)c2)c1.